The number of methoxy groups -OCH3 is 1. The molecule has 3 rings (SSSR count). The summed E-state index contributed by atoms with van der Waals surface area (Å²) in [7, 11) is 1.57. The van der Waals surface area contributed by atoms with Crippen LogP contribution in [0.4, 0.5) is 0 Å². The SMILES string of the molecule is COc1ccc(Br)c(CC2CCN(CCCC3CCC(NS(=O)(=O)N(C)C)CC3)CC2)c1. The Morgan fingerprint density at radius 3 is 2.41 bits per heavy atom. The second-order valence-corrected chi connectivity index (χ2v) is 12.5. The fraction of sp³-hybridized carbons (Fsp3) is 0.750. The maximum atomic E-state index is 12.0. The predicted molar refractivity (Wildman–Crippen MR) is 134 cm³/mol. The van der Waals surface area contributed by atoms with Gasteiger partial charge in [-0.25, -0.2) is 0 Å². The van der Waals surface area contributed by atoms with E-state index >= 15 is 0 Å². The van der Waals surface area contributed by atoms with Gasteiger partial charge in [0.05, 0.1) is 7.11 Å². The maximum Gasteiger partial charge on any atom is 0.279 e. The first-order valence-corrected chi connectivity index (χ1v) is 14.2. The van der Waals surface area contributed by atoms with E-state index in [1.54, 1.807) is 21.2 Å². The topological polar surface area (TPSA) is 61.9 Å². The van der Waals surface area contributed by atoms with Crippen molar-refractivity contribution in [3.63, 3.8) is 0 Å². The van der Waals surface area contributed by atoms with Gasteiger partial charge in [0, 0.05) is 24.6 Å². The van der Waals surface area contributed by atoms with Crippen LogP contribution in [-0.4, -0.2) is 64.5 Å². The number of nitrogens with zero attached hydrogens (tertiary/aromatic N) is 2. The molecule has 1 saturated heterocycles. The Balaban J connectivity index is 1.31. The van der Waals surface area contributed by atoms with E-state index in [1.165, 1.54) is 59.7 Å². The molecule has 0 radical (unpaired) electrons. The summed E-state index contributed by atoms with van der Waals surface area (Å²) in [5.41, 5.74) is 1.35. The summed E-state index contributed by atoms with van der Waals surface area (Å²) in [5, 5.41) is 0. The summed E-state index contributed by atoms with van der Waals surface area (Å²) in [6.45, 7) is 3.60. The van der Waals surface area contributed by atoms with Crippen LogP contribution in [0.15, 0.2) is 22.7 Å². The number of hydrogen-bond acceptors (Lipinski definition) is 4. The third-order valence-corrected chi connectivity index (χ3v) is 9.56. The molecule has 8 heteroatoms. The van der Waals surface area contributed by atoms with Crippen LogP contribution in [0.3, 0.4) is 0 Å². The van der Waals surface area contributed by atoms with Crippen molar-refractivity contribution in [3.8, 4) is 5.75 Å². The van der Waals surface area contributed by atoms with Crippen LogP contribution in [-0.2, 0) is 16.6 Å². The molecule has 0 unspecified atom stereocenters. The molecule has 0 amide bonds. The van der Waals surface area contributed by atoms with Crippen LogP contribution in [0.2, 0.25) is 0 Å². The van der Waals surface area contributed by atoms with E-state index in [4.69, 9.17) is 4.74 Å². The summed E-state index contributed by atoms with van der Waals surface area (Å²) in [4.78, 5) is 2.63. The number of rotatable bonds is 10. The van der Waals surface area contributed by atoms with E-state index in [0.717, 1.165) is 49.7 Å². The van der Waals surface area contributed by atoms with Gasteiger partial charge in [-0.15, -0.1) is 0 Å². The van der Waals surface area contributed by atoms with E-state index in [-0.39, 0.29) is 6.04 Å². The van der Waals surface area contributed by atoms with Crippen molar-refractivity contribution in [2.45, 2.75) is 63.8 Å². The molecule has 1 N–H and O–H groups in total. The third-order valence-electron chi connectivity index (χ3n) is 7.20. The first-order chi connectivity index (χ1) is 15.3. The zero-order valence-electron chi connectivity index (χ0n) is 19.9. The molecule has 182 valence electrons. The molecule has 0 aromatic heterocycles. The quantitative estimate of drug-likeness (QED) is 0.486. The molecule has 1 aromatic carbocycles. The highest BCUT2D eigenvalue weighted by molar-refractivity contribution is 9.10. The second-order valence-electron chi connectivity index (χ2n) is 9.71. The van der Waals surface area contributed by atoms with Gasteiger partial charge < -0.3 is 9.64 Å². The Labute approximate surface area is 203 Å². The minimum atomic E-state index is -3.31. The van der Waals surface area contributed by atoms with Crippen molar-refractivity contribution in [2.24, 2.45) is 11.8 Å². The van der Waals surface area contributed by atoms with Gasteiger partial charge >= 0.3 is 0 Å². The Morgan fingerprint density at radius 1 is 1.09 bits per heavy atom. The molecular formula is C24H40BrN3O3S. The molecule has 1 saturated carbocycles. The van der Waals surface area contributed by atoms with Crippen LogP contribution in [0.5, 0.6) is 5.75 Å². The van der Waals surface area contributed by atoms with Gasteiger partial charge in [0.2, 0.25) is 0 Å². The second kappa shape index (κ2) is 12.2. The van der Waals surface area contributed by atoms with Gasteiger partial charge in [-0.05, 0) is 113 Å². The fourth-order valence-electron chi connectivity index (χ4n) is 5.05. The summed E-state index contributed by atoms with van der Waals surface area (Å²) in [5.74, 6) is 2.43. The van der Waals surface area contributed by atoms with Crippen LogP contribution in [0.25, 0.3) is 0 Å². The van der Waals surface area contributed by atoms with E-state index < -0.39 is 10.2 Å². The van der Waals surface area contributed by atoms with Crippen LogP contribution >= 0.6 is 15.9 Å². The average Bonchev–Trinajstić information content (AvgIpc) is 2.77. The average molecular weight is 531 g/mol. The molecule has 1 aliphatic heterocycles. The Bertz CT molecular complexity index is 818. The normalized spacial score (nSPS) is 23.5. The van der Waals surface area contributed by atoms with Crippen molar-refractivity contribution < 1.29 is 13.2 Å². The number of halogens is 1. The lowest BCUT2D eigenvalue weighted by Crippen LogP contribution is -2.43. The van der Waals surface area contributed by atoms with E-state index in [2.05, 4.69) is 37.7 Å². The highest BCUT2D eigenvalue weighted by Crippen LogP contribution is 2.30. The van der Waals surface area contributed by atoms with E-state index in [9.17, 15) is 8.42 Å². The molecule has 32 heavy (non-hydrogen) atoms. The molecule has 6 nitrogen and oxygen atoms in total. The third kappa shape index (κ3) is 7.69. The number of nitrogens with one attached hydrogen (secondary N) is 1. The maximum absolute atomic E-state index is 12.0. The summed E-state index contributed by atoms with van der Waals surface area (Å²) < 4.78 is 34.7. The van der Waals surface area contributed by atoms with Crippen molar-refractivity contribution in [1.29, 1.82) is 0 Å². The molecule has 0 bridgehead atoms. The number of ether oxygens (including phenoxy) is 1. The Morgan fingerprint density at radius 2 is 1.78 bits per heavy atom. The lowest BCUT2D eigenvalue weighted by atomic mass is 9.83. The molecular weight excluding hydrogens is 490 g/mol. The number of piperidine rings is 1. The smallest absolute Gasteiger partial charge is 0.279 e. The molecule has 1 aliphatic carbocycles. The molecule has 2 aliphatic rings. The molecule has 1 heterocycles. The standard InChI is InChI=1S/C24H40BrN3O3S/c1-27(2)32(29,30)26-22-8-6-19(7-9-22)5-4-14-28-15-12-20(13-16-28)17-21-18-23(31-3)10-11-24(21)25/h10-11,18-20,22,26H,4-9,12-17H2,1-3H3. The predicted octanol–water partition coefficient (Wildman–Crippen LogP) is 4.45. The number of likely N-dealkylation sites (tertiary alicyclic amines) is 1. The molecule has 0 spiro atoms. The van der Waals surface area contributed by atoms with Crippen LogP contribution in [0.1, 0.15) is 56.9 Å². The van der Waals surface area contributed by atoms with Gasteiger partial charge in [-0.3, -0.25) is 0 Å². The lowest BCUT2D eigenvalue weighted by molar-refractivity contribution is 0.174. The number of benzene rings is 1. The lowest BCUT2D eigenvalue weighted by Gasteiger charge is -2.33. The highest BCUT2D eigenvalue weighted by Gasteiger charge is 2.26. The van der Waals surface area contributed by atoms with Crippen LogP contribution < -0.4 is 9.46 Å². The minimum absolute atomic E-state index is 0.0993. The van der Waals surface area contributed by atoms with Crippen molar-refractivity contribution in [1.82, 2.24) is 13.9 Å². The summed E-state index contributed by atoms with van der Waals surface area (Å²) in [6.07, 6.45) is 10.4. The van der Waals surface area contributed by atoms with Crippen molar-refractivity contribution >= 4 is 26.1 Å². The van der Waals surface area contributed by atoms with Gasteiger partial charge in [-0.2, -0.15) is 17.4 Å². The summed E-state index contributed by atoms with van der Waals surface area (Å²) >= 11 is 3.69. The molecule has 1 aromatic rings. The Kier molecular flexibility index (Phi) is 9.85. The van der Waals surface area contributed by atoms with Crippen LogP contribution in [0, 0.1) is 11.8 Å². The first kappa shape index (κ1) is 25.9. The van der Waals surface area contributed by atoms with Gasteiger partial charge in [0.1, 0.15) is 5.75 Å². The molecule has 2 fully saturated rings. The van der Waals surface area contributed by atoms with Crippen molar-refractivity contribution in [3.05, 3.63) is 28.2 Å². The molecule has 0 atom stereocenters. The number of hydrogen-bond donors (Lipinski definition) is 1. The first-order valence-electron chi connectivity index (χ1n) is 12.0. The highest BCUT2D eigenvalue weighted by atomic mass is 79.9. The van der Waals surface area contributed by atoms with E-state index in [1.807, 2.05) is 6.07 Å². The van der Waals surface area contributed by atoms with Crippen molar-refractivity contribution in [2.75, 3.05) is 40.8 Å². The van der Waals surface area contributed by atoms with Gasteiger partial charge in [-0.1, -0.05) is 15.9 Å². The largest absolute Gasteiger partial charge is 0.497 e. The Hall–Kier alpha value is -0.670. The summed E-state index contributed by atoms with van der Waals surface area (Å²) in [6, 6.07) is 6.36. The zero-order valence-corrected chi connectivity index (χ0v) is 22.3. The monoisotopic (exact) mass is 529 g/mol. The zero-order chi connectivity index (χ0) is 23.1. The van der Waals surface area contributed by atoms with E-state index in [0.29, 0.717) is 0 Å². The van der Waals surface area contributed by atoms with Gasteiger partial charge in [0.25, 0.3) is 10.2 Å². The van der Waals surface area contributed by atoms with Gasteiger partial charge in [0.15, 0.2) is 0 Å². The fourth-order valence-corrected chi connectivity index (χ4v) is 6.32. The minimum Gasteiger partial charge on any atom is -0.497 e.